The van der Waals surface area contributed by atoms with Gasteiger partial charge >= 0.3 is 0 Å². The van der Waals surface area contributed by atoms with Crippen molar-refractivity contribution in [3.05, 3.63) is 57.1 Å². The summed E-state index contributed by atoms with van der Waals surface area (Å²) in [5, 5.41) is 10.9. The Morgan fingerprint density at radius 1 is 1.09 bits per heavy atom. The second-order valence-corrected chi connectivity index (χ2v) is 12.5. The van der Waals surface area contributed by atoms with E-state index >= 15 is 0 Å². The van der Waals surface area contributed by atoms with E-state index in [4.69, 9.17) is 6.42 Å². The van der Waals surface area contributed by atoms with E-state index in [-0.39, 0.29) is 16.9 Å². The molecule has 0 amide bonds. The number of allylic oxidation sites excluding steroid dienone is 4. The minimum atomic E-state index is -0.183. The predicted octanol–water partition coefficient (Wildman–Crippen LogP) is 7.38. The van der Waals surface area contributed by atoms with Gasteiger partial charge in [-0.2, -0.15) is 0 Å². The molecule has 1 aromatic rings. The molecule has 0 aromatic heterocycles. The van der Waals surface area contributed by atoms with E-state index in [0.29, 0.717) is 30.0 Å². The largest absolute Gasteiger partial charge is 0.393 e. The first-order chi connectivity index (χ1) is 15.5. The second kappa shape index (κ2) is 9.20. The summed E-state index contributed by atoms with van der Waals surface area (Å²) < 4.78 is 1.11. The van der Waals surface area contributed by atoms with Crippen LogP contribution in [-0.4, -0.2) is 17.0 Å². The molecule has 1 N–H and O–H groups in total. The Kier molecular flexibility index (Phi) is 6.83. The van der Waals surface area contributed by atoms with Gasteiger partial charge in [0.15, 0.2) is 5.78 Å². The van der Waals surface area contributed by atoms with E-state index in [0.717, 1.165) is 43.0 Å². The van der Waals surface area contributed by atoms with Gasteiger partial charge in [-0.25, -0.2) is 0 Å². The van der Waals surface area contributed by atoms with Crippen molar-refractivity contribution in [2.45, 2.75) is 84.7 Å². The third-order valence-electron chi connectivity index (χ3n) is 8.39. The van der Waals surface area contributed by atoms with Crippen LogP contribution in [0.3, 0.4) is 0 Å². The van der Waals surface area contributed by atoms with E-state index in [1.54, 1.807) is 5.57 Å². The monoisotopic (exact) mass is 508 g/mol. The molecule has 0 heterocycles. The third-order valence-corrected chi connectivity index (χ3v) is 8.92. The maximum Gasteiger partial charge on any atom is 0.156 e. The number of aliphatic hydroxyl groups excluding tert-OH is 1. The molecule has 3 heteroatoms. The predicted molar refractivity (Wildman–Crippen MR) is 139 cm³/mol. The van der Waals surface area contributed by atoms with Crippen LogP contribution in [0.5, 0.6) is 0 Å². The fraction of sp³-hybridized carbons (Fsp3) is 0.567. The molecule has 0 radical (unpaired) electrons. The Morgan fingerprint density at radius 2 is 1.76 bits per heavy atom. The van der Waals surface area contributed by atoms with Gasteiger partial charge in [-0.05, 0) is 111 Å². The Morgan fingerprint density at radius 3 is 2.39 bits per heavy atom. The molecule has 33 heavy (non-hydrogen) atoms. The lowest BCUT2D eigenvalue weighted by Crippen LogP contribution is -2.45. The van der Waals surface area contributed by atoms with Crippen LogP contribution in [0.25, 0.3) is 0 Å². The summed E-state index contributed by atoms with van der Waals surface area (Å²) in [5.41, 5.74) is 5.85. The lowest BCUT2D eigenvalue weighted by atomic mass is 9.53. The quantitative estimate of drug-likeness (QED) is 0.401. The highest BCUT2D eigenvalue weighted by atomic mass is 79.9. The Balaban J connectivity index is 0.000000385. The molecule has 2 saturated carbocycles. The number of aliphatic hydroxyl groups is 1. The molecule has 0 saturated heterocycles. The zero-order valence-corrected chi connectivity index (χ0v) is 22.0. The van der Waals surface area contributed by atoms with Crippen LogP contribution in [0, 0.1) is 35.0 Å². The molecule has 0 bridgehead atoms. The summed E-state index contributed by atoms with van der Waals surface area (Å²) >= 11 is 3.57. The number of benzene rings is 1. The molecule has 2 fully saturated rings. The van der Waals surface area contributed by atoms with Crippen molar-refractivity contribution >= 4 is 21.7 Å². The van der Waals surface area contributed by atoms with E-state index in [2.05, 4.69) is 53.0 Å². The van der Waals surface area contributed by atoms with Gasteiger partial charge in [-0.15, -0.1) is 12.3 Å². The van der Waals surface area contributed by atoms with E-state index in [1.807, 2.05) is 26.8 Å². The van der Waals surface area contributed by atoms with Crippen LogP contribution < -0.4 is 0 Å². The third kappa shape index (κ3) is 4.80. The first-order valence-corrected chi connectivity index (χ1v) is 13.2. The molecule has 5 atom stereocenters. The molecular weight excluding hydrogens is 472 g/mol. The van der Waals surface area contributed by atoms with Gasteiger partial charge in [0.2, 0.25) is 0 Å². The van der Waals surface area contributed by atoms with Crippen molar-refractivity contribution < 1.29 is 9.90 Å². The van der Waals surface area contributed by atoms with Crippen molar-refractivity contribution in [3.8, 4) is 12.3 Å². The van der Waals surface area contributed by atoms with Crippen molar-refractivity contribution in [2.75, 3.05) is 0 Å². The van der Waals surface area contributed by atoms with E-state index in [1.165, 1.54) is 16.7 Å². The number of rotatable bonds is 1. The van der Waals surface area contributed by atoms with Gasteiger partial charge in [0, 0.05) is 22.2 Å². The lowest BCUT2D eigenvalue weighted by molar-refractivity contribution is -0.114. The first kappa shape index (κ1) is 24.5. The zero-order valence-electron chi connectivity index (χ0n) is 20.5. The Labute approximate surface area is 208 Å². The highest BCUT2D eigenvalue weighted by Crippen LogP contribution is 2.63. The standard InChI is InChI=1S/C24H27BrO2.C6H10/c1-24-13-20(14-2-5-16(25)6-3-14)23-18-9-7-17(26)12-15(18)4-8-19(23)21(24)10-11-22(24)27;1-5-6(2,3)4/h2-3,5-6,12,19-22,27H,4,7-11,13H2,1H3;1H,2-4H3. The van der Waals surface area contributed by atoms with E-state index in [9.17, 15) is 9.90 Å². The lowest BCUT2D eigenvalue weighted by Gasteiger charge is -2.52. The molecule has 5 rings (SSSR count). The molecule has 2 nitrogen and oxygen atoms in total. The van der Waals surface area contributed by atoms with Crippen molar-refractivity contribution in [1.29, 1.82) is 0 Å². The molecule has 176 valence electrons. The number of halogens is 1. The molecule has 5 unspecified atom stereocenters. The van der Waals surface area contributed by atoms with Gasteiger partial charge in [-0.1, -0.05) is 40.6 Å². The number of terminal acetylenes is 1. The fourth-order valence-electron chi connectivity index (χ4n) is 6.63. The summed E-state index contributed by atoms with van der Waals surface area (Å²) in [6.45, 7) is 8.35. The Bertz CT molecular complexity index is 1020. The van der Waals surface area contributed by atoms with Crippen LogP contribution in [0.1, 0.15) is 84.1 Å². The van der Waals surface area contributed by atoms with Crippen LogP contribution in [0.15, 0.2) is 51.5 Å². The van der Waals surface area contributed by atoms with Gasteiger partial charge in [0.1, 0.15) is 0 Å². The highest BCUT2D eigenvalue weighted by Gasteiger charge is 2.56. The van der Waals surface area contributed by atoms with Crippen LogP contribution in [0.2, 0.25) is 0 Å². The fourth-order valence-corrected chi connectivity index (χ4v) is 6.89. The highest BCUT2D eigenvalue weighted by molar-refractivity contribution is 9.10. The number of hydrogen-bond acceptors (Lipinski definition) is 2. The SMILES string of the molecule is C#CC(C)(C)C.CC12CC(c3ccc(Br)cc3)C3=C4CCC(=O)C=C4CCC3C1CCC2O. The van der Waals surface area contributed by atoms with Crippen molar-refractivity contribution in [2.24, 2.45) is 22.7 Å². The summed E-state index contributed by atoms with van der Waals surface area (Å²) in [5.74, 6) is 4.41. The molecular formula is C30H37BrO2. The number of carbonyl (C=O) groups excluding carboxylic acids is 1. The Hall–Kier alpha value is -1.63. The van der Waals surface area contributed by atoms with Crippen LogP contribution in [0.4, 0.5) is 0 Å². The van der Waals surface area contributed by atoms with Crippen LogP contribution in [-0.2, 0) is 4.79 Å². The van der Waals surface area contributed by atoms with Crippen molar-refractivity contribution in [3.63, 3.8) is 0 Å². The average Bonchev–Trinajstić information content (AvgIpc) is 3.07. The maximum absolute atomic E-state index is 12.0. The summed E-state index contributed by atoms with van der Waals surface area (Å²) in [7, 11) is 0. The molecule has 4 aliphatic rings. The topological polar surface area (TPSA) is 37.3 Å². The van der Waals surface area contributed by atoms with Crippen LogP contribution >= 0.6 is 15.9 Å². The van der Waals surface area contributed by atoms with Gasteiger partial charge < -0.3 is 5.11 Å². The zero-order chi connectivity index (χ0) is 24.0. The van der Waals surface area contributed by atoms with Crippen molar-refractivity contribution in [1.82, 2.24) is 0 Å². The number of fused-ring (bicyclic) bond motifs is 4. The summed E-state index contributed by atoms with van der Waals surface area (Å²) in [6, 6.07) is 8.77. The number of hydrogen-bond donors (Lipinski definition) is 1. The molecule has 0 spiro atoms. The number of ketones is 1. The minimum absolute atomic E-state index is 0.0121. The van der Waals surface area contributed by atoms with Gasteiger partial charge in [0.05, 0.1) is 6.10 Å². The average molecular weight is 510 g/mol. The maximum atomic E-state index is 12.0. The molecule has 4 aliphatic carbocycles. The van der Waals surface area contributed by atoms with E-state index < -0.39 is 0 Å². The number of carbonyl (C=O) groups is 1. The minimum Gasteiger partial charge on any atom is -0.393 e. The smallest absolute Gasteiger partial charge is 0.156 e. The molecule has 1 aromatic carbocycles. The summed E-state index contributed by atoms with van der Waals surface area (Å²) in [4.78, 5) is 12.0. The van der Waals surface area contributed by atoms with Gasteiger partial charge in [-0.3, -0.25) is 4.79 Å². The molecule has 0 aliphatic heterocycles. The van der Waals surface area contributed by atoms with Gasteiger partial charge in [0.25, 0.3) is 0 Å². The second-order valence-electron chi connectivity index (χ2n) is 11.6. The first-order valence-electron chi connectivity index (χ1n) is 12.4. The normalized spacial score (nSPS) is 33.1. The summed E-state index contributed by atoms with van der Waals surface area (Å²) in [6.07, 6.45) is 13.6.